The van der Waals surface area contributed by atoms with E-state index in [1.165, 1.54) is 18.4 Å². The highest BCUT2D eigenvalue weighted by Gasteiger charge is 2.36. The number of aromatic nitrogens is 2. The number of ether oxygens (including phenoxy) is 3. The molecule has 2 aromatic heterocycles. The fourth-order valence-corrected chi connectivity index (χ4v) is 4.13. The monoisotopic (exact) mass is 399 g/mol. The van der Waals surface area contributed by atoms with Crippen LogP contribution in [0.4, 0.5) is 0 Å². The Morgan fingerprint density at radius 1 is 1.36 bits per heavy atom. The minimum absolute atomic E-state index is 0.174. The van der Waals surface area contributed by atoms with E-state index in [0.29, 0.717) is 4.88 Å². The minimum atomic E-state index is -1.03. The number of nitrogens with zero attached hydrogens (tertiary/aromatic N) is 2. The Morgan fingerprint density at radius 2 is 2.14 bits per heavy atom. The van der Waals surface area contributed by atoms with E-state index in [2.05, 4.69) is 10.3 Å². The third-order valence-corrected chi connectivity index (χ3v) is 5.88. The molecule has 1 aliphatic heterocycles. The SMILES string of the molecule is CO[C@@H]1C=C[C@@](CNC(=O)c2sc3nc(-c4ccccc4)cn3c2C)(OC)O1. The fraction of sp³-hybridized carbons (Fsp3) is 0.300. The first kappa shape index (κ1) is 18.8. The summed E-state index contributed by atoms with van der Waals surface area (Å²) in [5, 5.41) is 2.89. The Kier molecular flexibility index (Phi) is 5.03. The van der Waals surface area contributed by atoms with E-state index in [-0.39, 0.29) is 12.5 Å². The van der Waals surface area contributed by atoms with Crippen LogP contribution in [0.1, 0.15) is 15.4 Å². The van der Waals surface area contributed by atoms with Crippen molar-refractivity contribution in [2.24, 2.45) is 0 Å². The van der Waals surface area contributed by atoms with Gasteiger partial charge in [-0.15, -0.1) is 0 Å². The van der Waals surface area contributed by atoms with Gasteiger partial charge in [0.2, 0.25) is 5.79 Å². The third-order valence-electron chi connectivity index (χ3n) is 4.73. The average Bonchev–Trinajstić information content (AvgIpc) is 3.42. The van der Waals surface area contributed by atoms with Crippen molar-refractivity contribution in [1.82, 2.24) is 14.7 Å². The molecule has 146 valence electrons. The molecule has 8 heteroatoms. The van der Waals surface area contributed by atoms with Gasteiger partial charge in [-0.1, -0.05) is 41.7 Å². The standard InChI is InChI=1S/C20H21N3O4S/c1-13-17(18(24)21-12-20(26-3)10-9-16(25-2)27-20)28-19-22-15(11-23(13)19)14-7-5-4-6-8-14/h4-11,16H,12H2,1-3H3,(H,21,24)/t16-,20+/m0/s1. The summed E-state index contributed by atoms with van der Waals surface area (Å²) < 4.78 is 18.2. The number of methoxy groups -OCH3 is 2. The Balaban J connectivity index is 1.51. The molecule has 0 fully saturated rings. The van der Waals surface area contributed by atoms with Crippen LogP contribution in [0.3, 0.4) is 0 Å². The maximum atomic E-state index is 12.7. The summed E-state index contributed by atoms with van der Waals surface area (Å²) >= 11 is 1.36. The zero-order valence-electron chi connectivity index (χ0n) is 15.8. The quantitative estimate of drug-likeness (QED) is 0.645. The molecule has 3 heterocycles. The molecule has 3 aromatic rings. The number of thiazole rings is 1. The summed E-state index contributed by atoms with van der Waals surface area (Å²) in [4.78, 5) is 18.8. The van der Waals surface area contributed by atoms with Crippen molar-refractivity contribution >= 4 is 22.2 Å². The summed E-state index contributed by atoms with van der Waals surface area (Å²) in [7, 11) is 3.08. The Labute approximate surface area is 166 Å². The van der Waals surface area contributed by atoms with Gasteiger partial charge in [-0.05, 0) is 19.1 Å². The molecule has 0 unspecified atom stereocenters. The minimum Gasteiger partial charge on any atom is -0.352 e. The second-order valence-corrected chi connectivity index (χ2v) is 7.42. The molecule has 28 heavy (non-hydrogen) atoms. The van der Waals surface area contributed by atoms with Crippen LogP contribution < -0.4 is 5.32 Å². The lowest BCUT2D eigenvalue weighted by Gasteiger charge is -2.27. The number of aryl methyl sites for hydroxylation is 1. The predicted molar refractivity (Wildman–Crippen MR) is 106 cm³/mol. The number of benzene rings is 1. The van der Waals surface area contributed by atoms with Crippen LogP contribution in [0, 0.1) is 6.92 Å². The van der Waals surface area contributed by atoms with Gasteiger partial charge in [0.05, 0.1) is 12.2 Å². The van der Waals surface area contributed by atoms with Gasteiger partial charge in [0.1, 0.15) is 4.88 Å². The predicted octanol–water partition coefficient (Wildman–Crippen LogP) is 3.00. The van der Waals surface area contributed by atoms with E-state index in [1.807, 2.05) is 47.9 Å². The van der Waals surface area contributed by atoms with Crippen LogP contribution >= 0.6 is 11.3 Å². The van der Waals surface area contributed by atoms with Crippen LogP contribution in [-0.4, -0.2) is 48.1 Å². The lowest BCUT2D eigenvalue weighted by atomic mass is 10.2. The van der Waals surface area contributed by atoms with Gasteiger partial charge in [0, 0.05) is 31.7 Å². The van der Waals surface area contributed by atoms with Crippen LogP contribution in [0.25, 0.3) is 16.2 Å². The number of hydrogen-bond donors (Lipinski definition) is 1. The van der Waals surface area contributed by atoms with E-state index in [4.69, 9.17) is 14.2 Å². The highest BCUT2D eigenvalue weighted by molar-refractivity contribution is 7.19. The zero-order chi connectivity index (χ0) is 19.7. The number of amides is 1. The molecular weight excluding hydrogens is 378 g/mol. The molecular formula is C20H21N3O4S. The number of imidazole rings is 1. The number of nitrogens with one attached hydrogen (secondary N) is 1. The maximum absolute atomic E-state index is 12.7. The van der Waals surface area contributed by atoms with Crippen LogP contribution in [0.5, 0.6) is 0 Å². The highest BCUT2D eigenvalue weighted by atomic mass is 32.1. The second-order valence-electron chi connectivity index (χ2n) is 6.44. The van der Waals surface area contributed by atoms with Crippen molar-refractivity contribution in [2.45, 2.75) is 19.0 Å². The maximum Gasteiger partial charge on any atom is 0.263 e. The van der Waals surface area contributed by atoms with Gasteiger partial charge < -0.3 is 19.5 Å². The molecule has 1 amide bonds. The summed E-state index contributed by atoms with van der Waals surface area (Å²) in [6.45, 7) is 2.08. The summed E-state index contributed by atoms with van der Waals surface area (Å²) in [6, 6.07) is 9.96. The van der Waals surface area contributed by atoms with Crippen molar-refractivity contribution in [3.63, 3.8) is 0 Å². The Hall–Kier alpha value is -2.52. The summed E-state index contributed by atoms with van der Waals surface area (Å²) in [6.07, 6.45) is 4.98. The summed E-state index contributed by atoms with van der Waals surface area (Å²) in [5.74, 6) is -1.22. The van der Waals surface area contributed by atoms with Gasteiger partial charge in [-0.25, -0.2) is 4.98 Å². The number of hydrogen-bond acceptors (Lipinski definition) is 6. The molecule has 2 atom stereocenters. The van der Waals surface area contributed by atoms with Crippen molar-refractivity contribution in [1.29, 1.82) is 0 Å². The van der Waals surface area contributed by atoms with Gasteiger partial charge in [-0.2, -0.15) is 0 Å². The number of carbonyl (C=O) groups excluding carboxylic acids is 1. The molecule has 0 saturated carbocycles. The first-order valence-electron chi connectivity index (χ1n) is 8.82. The van der Waals surface area contributed by atoms with E-state index in [1.54, 1.807) is 19.3 Å². The molecule has 4 rings (SSSR count). The van der Waals surface area contributed by atoms with Crippen LogP contribution in [0.2, 0.25) is 0 Å². The number of fused-ring (bicyclic) bond motifs is 1. The largest absolute Gasteiger partial charge is 0.352 e. The van der Waals surface area contributed by atoms with E-state index in [0.717, 1.165) is 21.9 Å². The Morgan fingerprint density at radius 3 is 2.79 bits per heavy atom. The number of carbonyl (C=O) groups is 1. The molecule has 0 bridgehead atoms. The van der Waals surface area contributed by atoms with Crippen LogP contribution in [-0.2, 0) is 14.2 Å². The van der Waals surface area contributed by atoms with Crippen LogP contribution in [0.15, 0.2) is 48.7 Å². The molecule has 0 saturated heterocycles. The molecule has 0 aliphatic carbocycles. The van der Waals surface area contributed by atoms with E-state index >= 15 is 0 Å². The summed E-state index contributed by atoms with van der Waals surface area (Å²) in [5.41, 5.74) is 2.77. The topological polar surface area (TPSA) is 74.1 Å². The first-order valence-corrected chi connectivity index (χ1v) is 9.64. The average molecular weight is 399 g/mol. The van der Waals surface area contributed by atoms with Crippen molar-refractivity contribution < 1.29 is 19.0 Å². The van der Waals surface area contributed by atoms with Crippen molar-refractivity contribution in [3.05, 3.63) is 59.3 Å². The van der Waals surface area contributed by atoms with Gasteiger partial charge >= 0.3 is 0 Å². The highest BCUT2D eigenvalue weighted by Crippen LogP contribution is 2.28. The Bertz CT molecular complexity index is 1030. The second kappa shape index (κ2) is 7.48. The lowest BCUT2D eigenvalue weighted by molar-refractivity contribution is -0.238. The third kappa shape index (κ3) is 3.35. The normalized spacial score (nSPS) is 21.5. The van der Waals surface area contributed by atoms with Crippen molar-refractivity contribution in [2.75, 3.05) is 20.8 Å². The molecule has 1 aromatic carbocycles. The molecule has 0 radical (unpaired) electrons. The smallest absolute Gasteiger partial charge is 0.263 e. The molecule has 0 spiro atoms. The molecule has 1 aliphatic rings. The van der Waals surface area contributed by atoms with Gasteiger partial charge in [-0.3, -0.25) is 9.20 Å². The molecule has 1 N–H and O–H groups in total. The number of rotatable bonds is 6. The molecule has 7 nitrogen and oxygen atoms in total. The van der Waals surface area contributed by atoms with E-state index in [9.17, 15) is 4.79 Å². The first-order chi connectivity index (χ1) is 13.5. The zero-order valence-corrected chi connectivity index (χ0v) is 16.7. The lowest BCUT2D eigenvalue weighted by Crippen LogP contribution is -2.44. The fourth-order valence-electron chi connectivity index (χ4n) is 3.11. The van der Waals surface area contributed by atoms with Crippen molar-refractivity contribution in [3.8, 4) is 11.3 Å². The van der Waals surface area contributed by atoms with Gasteiger partial charge in [0.25, 0.3) is 5.91 Å². The van der Waals surface area contributed by atoms with E-state index < -0.39 is 12.1 Å². The van der Waals surface area contributed by atoms with Gasteiger partial charge in [0.15, 0.2) is 11.3 Å².